The lowest BCUT2D eigenvalue weighted by molar-refractivity contribution is 0.0475. The number of benzene rings is 1. The molecule has 1 atom stereocenters. The van der Waals surface area contributed by atoms with Crippen LogP contribution in [0.2, 0.25) is 0 Å². The molecule has 0 saturated carbocycles. The molecule has 0 radical (unpaired) electrons. The molecule has 6 heteroatoms. The molecule has 2 aromatic heterocycles. The Balaban J connectivity index is 1.97. The number of fused-ring (bicyclic) bond motifs is 1. The maximum Gasteiger partial charge on any atom is 0.275 e. The predicted octanol–water partition coefficient (Wildman–Crippen LogP) is 3.55. The van der Waals surface area contributed by atoms with Crippen LogP contribution in [0.25, 0.3) is 15.9 Å². The van der Waals surface area contributed by atoms with Crippen LogP contribution in [0.1, 0.15) is 37.1 Å². The molecule has 0 bridgehead atoms. The molecule has 0 aliphatic carbocycles. The Labute approximate surface area is 150 Å². The molecule has 2 heterocycles. The third-order valence-electron chi connectivity index (χ3n) is 4.62. The van der Waals surface area contributed by atoms with Crippen molar-refractivity contribution in [3.05, 3.63) is 51.4 Å². The van der Waals surface area contributed by atoms with Gasteiger partial charge in [-0.25, -0.2) is 4.98 Å². The summed E-state index contributed by atoms with van der Waals surface area (Å²) in [5.74, 6) is 0.201. The first-order valence-corrected chi connectivity index (χ1v) is 9.15. The Morgan fingerprint density at radius 3 is 2.76 bits per heavy atom. The molecule has 5 nitrogen and oxygen atoms in total. The standard InChI is InChI=1S/C19H22N2O3S/c1-4-19(3,24)8-7-14-10-15-17(25-14)18(23)21(11-20-15)13-5-6-16(22)12(2)9-13/h5-6,9-11,22,24H,4,7-8H2,1-3H3. The van der Waals surface area contributed by atoms with Gasteiger partial charge < -0.3 is 10.2 Å². The highest BCUT2D eigenvalue weighted by Crippen LogP contribution is 2.26. The number of thiophene rings is 1. The number of hydrogen-bond acceptors (Lipinski definition) is 5. The molecule has 25 heavy (non-hydrogen) atoms. The first-order valence-electron chi connectivity index (χ1n) is 8.33. The van der Waals surface area contributed by atoms with E-state index in [1.807, 2.05) is 19.9 Å². The number of aryl methyl sites for hydroxylation is 2. The van der Waals surface area contributed by atoms with Crippen molar-refractivity contribution < 1.29 is 10.2 Å². The molecule has 2 N–H and O–H groups in total. The monoisotopic (exact) mass is 358 g/mol. The van der Waals surface area contributed by atoms with Gasteiger partial charge in [-0.05, 0) is 62.9 Å². The second-order valence-corrected chi connectivity index (χ2v) is 7.80. The number of aromatic nitrogens is 2. The number of phenolic OH excluding ortho intramolecular Hbond substituents is 1. The topological polar surface area (TPSA) is 75.3 Å². The largest absolute Gasteiger partial charge is 0.508 e. The molecule has 0 spiro atoms. The van der Waals surface area contributed by atoms with Crippen molar-refractivity contribution in [2.45, 2.75) is 45.6 Å². The van der Waals surface area contributed by atoms with E-state index in [0.29, 0.717) is 34.3 Å². The number of aromatic hydroxyl groups is 1. The molecular formula is C19H22N2O3S. The van der Waals surface area contributed by atoms with Gasteiger partial charge in [0.25, 0.3) is 5.56 Å². The summed E-state index contributed by atoms with van der Waals surface area (Å²) in [7, 11) is 0. The molecule has 1 aromatic carbocycles. The molecule has 3 rings (SSSR count). The van der Waals surface area contributed by atoms with Gasteiger partial charge in [0.1, 0.15) is 16.8 Å². The summed E-state index contributed by atoms with van der Waals surface area (Å²) >= 11 is 1.43. The Kier molecular flexibility index (Phi) is 4.67. The van der Waals surface area contributed by atoms with Crippen LogP contribution in [0, 0.1) is 6.92 Å². The third kappa shape index (κ3) is 3.60. The van der Waals surface area contributed by atoms with Crippen molar-refractivity contribution in [3.63, 3.8) is 0 Å². The van der Waals surface area contributed by atoms with Crippen LogP contribution >= 0.6 is 11.3 Å². The SMILES string of the molecule is CCC(C)(O)CCc1cc2ncn(-c3ccc(O)c(C)c3)c(=O)c2s1. The van der Waals surface area contributed by atoms with Crippen LogP contribution in [0.15, 0.2) is 35.4 Å². The highest BCUT2D eigenvalue weighted by atomic mass is 32.1. The summed E-state index contributed by atoms with van der Waals surface area (Å²) < 4.78 is 2.11. The highest BCUT2D eigenvalue weighted by Gasteiger charge is 2.18. The second-order valence-electron chi connectivity index (χ2n) is 6.67. The van der Waals surface area contributed by atoms with E-state index in [0.717, 1.165) is 11.3 Å². The van der Waals surface area contributed by atoms with Crippen molar-refractivity contribution in [2.24, 2.45) is 0 Å². The van der Waals surface area contributed by atoms with E-state index >= 15 is 0 Å². The summed E-state index contributed by atoms with van der Waals surface area (Å²) in [6.45, 7) is 5.59. The van der Waals surface area contributed by atoms with Crippen molar-refractivity contribution in [3.8, 4) is 11.4 Å². The first kappa shape index (κ1) is 17.6. The van der Waals surface area contributed by atoms with Crippen molar-refractivity contribution in [2.75, 3.05) is 0 Å². The Morgan fingerprint density at radius 1 is 1.32 bits per heavy atom. The van der Waals surface area contributed by atoms with E-state index in [1.165, 1.54) is 22.2 Å². The Bertz CT molecular complexity index is 972. The average Bonchev–Trinajstić information content (AvgIpc) is 3.00. The van der Waals surface area contributed by atoms with Gasteiger partial charge in [-0.15, -0.1) is 11.3 Å². The molecule has 0 saturated heterocycles. The molecular weight excluding hydrogens is 336 g/mol. The van der Waals surface area contributed by atoms with Gasteiger partial charge >= 0.3 is 0 Å². The number of phenols is 1. The van der Waals surface area contributed by atoms with Crippen LogP contribution in [0.3, 0.4) is 0 Å². The fourth-order valence-corrected chi connectivity index (χ4v) is 3.67. The highest BCUT2D eigenvalue weighted by molar-refractivity contribution is 7.18. The van der Waals surface area contributed by atoms with E-state index in [-0.39, 0.29) is 11.3 Å². The van der Waals surface area contributed by atoms with Crippen LogP contribution < -0.4 is 5.56 Å². The van der Waals surface area contributed by atoms with E-state index in [1.54, 1.807) is 25.1 Å². The fraction of sp³-hybridized carbons (Fsp3) is 0.368. The van der Waals surface area contributed by atoms with Gasteiger partial charge in [0.05, 0.1) is 16.8 Å². The van der Waals surface area contributed by atoms with Gasteiger partial charge in [0, 0.05) is 4.88 Å². The smallest absolute Gasteiger partial charge is 0.275 e. The van der Waals surface area contributed by atoms with E-state index in [4.69, 9.17) is 0 Å². The zero-order valence-electron chi connectivity index (χ0n) is 14.6. The summed E-state index contributed by atoms with van der Waals surface area (Å²) in [5, 5.41) is 19.8. The maximum atomic E-state index is 12.8. The van der Waals surface area contributed by atoms with Gasteiger partial charge in [-0.3, -0.25) is 9.36 Å². The van der Waals surface area contributed by atoms with Crippen LogP contribution in [-0.2, 0) is 6.42 Å². The van der Waals surface area contributed by atoms with Gasteiger partial charge in [0.2, 0.25) is 0 Å². The quantitative estimate of drug-likeness (QED) is 0.731. The lowest BCUT2D eigenvalue weighted by Crippen LogP contribution is -2.23. The Morgan fingerprint density at radius 2 is 2.08 bits per heavy atom. The van der Waals surface area contributed by atoms with Crippen LogP contribution in [0.4, 0.5) is 0 Å². The average molecular weight is 358 g/mol. The van der Waals surface area contributed by atoms with Crippen LogP contribution in [0.5, 0.6) is 5.75 Å². The Hall–Kier alpha value is -2.18. The van der Waals surface area contributed by atoms with Crippen LogP contribution in [-0.4, -0.2) is 25.4 Å². The molecule has 0 amide bonds. The molecule has 1 unspecified atom stereocenters. The molecule has 3 aromatic rings. The summed E-state index contributed by atoms with van der Waals surface area (Å²) in [5.41, 5.74) is 1.27. The molecule has 0 aliphatic rings. The number of hydrogen-bond donors (Lipinski definition) is 2. The first-order chi connectivity index (χ1) is 11.8. The number of rotatable bonds is 5. The van der Waals surface area contributed by atoms with E-state index in [9.17, 15) is 15.0 Å². The van der Waals surface area contributed by atoms with Gasteiger partial charge in [0.15, 0.2) is 0 Å². The van der Waals surface area contributed by atoms with E-state index < -0.39 is 5.60 Å². The lowest BCUT2D eigenvalue weighted by Gasteiger charge is -2.20. The van der Waals surface area contributed by atoms with Crippen molar-refractivity contribution >= 4 is 21.6 Å². The van der Waals surface area contributed by atoms with Gasteiger partial charge in [-0.1, -0.05) is 6.92 Å². The third-order valence-corrected chi connectivity index (χ3v) is 5.79. The van der Waals surface area contributed by atoms with Crippen molar-refractivity contribution in [1.29, 1.82) is 0 Å². The maximum absolute atomic E-state index is 12.8. The molecule has 132 valence electrons. The number of nitrogens with zero attached hydrogens (tertiary/aromatic N) is 2. The summed E-state index contributed by atoms with van der Waals surface area (Å²) in [6.07, 6.45) is 3.60. The second kappa shape index (κ2) is 6.61. The predicted molar refractivity (Wildman–Crippen MR) is 101 cm³/mol. The van der Waals surface area contributed by atoms with Crippen molar-refractivity contribution in [1.82, 2.24) is 9.55 Å². The minimum atomic E-state index is -0.687. The minimum absolute atomic E-state index is 0.117. The number of aliphatic hydroxyl groups is 1. The molecule has 0 fully saturated rings. The minimum Gasteiger partial charge on any atom is -0.508 e. The fourth-order valence-electron chi connectivity index (χ4n) is 2.63. The summed E-state index contributed by atoms with van der Waals surface area (Å²) in [6, 6.07) is 6.97. The zero-order valence-corrected chi connectivity index (χ0v) is 15.4. The van der Waals surface area contributed by atoms with E-state index in [2.05, 4.69) is 4.98 Å². The summed E-state index contributed by atoms with van der Waals surface area (Å²) in [4.78, 5) is 18.3. The molecule has 0 aliphatic heterocycles. The zero-order chi connectivity index (χ0) is 18.2. The normalized spacial score (nSPS) is 13.9. The van der Waals surface area contributed by atoms with Gasteiger partial charge in [-0.2, -0.15) is 0 Å². The lowest BCUT2D eigenvalue weighted by atomic mass is 9.97.